The van der Waals surface area contributed by atoms with Crippen LogP contribution in [-0.2, 0) is 24.3 Å². The largest absolute Gasteiger partial charge is 0.455 e. The Morgan fingerprint density at radius 2 is 1.74 bits per heavy atom. The van der Waals surface area contributed by atoms with Crippen molar-refractivity contribution in [3.8, 4) is 0 Å². The van der Waals surface area contributed by atoms with E-state index in [1.54, 1.807) is 6.92 Å². The van der Waals surface area contributed by atoms with E-state index < -0.39 is 46.7 Å². The van der Waals surface area contributed by atoms with Crippen LogP contribution < -0.4 is 10.0 Å². The number of halogens is 2. The van der Waals surface area contributed by atoms with Crippen molar-refractivity contribution < 1.29 is 31.5 Å². The van der Waals surface area contributed by atoms with Gasteiger partial charge in [-0.25, -0.2) is 17.2 Å². The van der Waals surface area contributed by atoms with Gasteiger partial charge in [0, 0.05) is 5.69 Å². The molecule has 144 valence electrons. The maximum absolute atomic E-state index is 13.4. The van der Waals surface area contributed by atoms with Gasteiger partial charge in [0.05, 0.1) is 4.90 Å². The highest BCUT2D eigenvalue weighted by Gasteiger charge is 2.17. The summed E-state index contributed by atoms with van der Waals surface area (Å²) in [6.07, 6.45) is 0. The van der Waals surface area contributed by atoms with Gasteiger partial charge < -0.3 is 10.1 Å². The molecule has 2 rings (SSSR count). The Hall–Kier alpha value is -2.85. The normalized spacial score (nSPS) is 11.1. The van der Waals surface area contributed by atoms with E-state index in [0.29, 0.717) is 5.56 Å². The molecule has 2 aromatic carbocycles. The lowest BCUT2D eigenvalue weighted by Gasteiger charge is -2.08. The van der Waals surface area contributed by atoms with Gasteiger partial charge in [0.15, 0.2) is 6.61 Å². The molecule has 0 aliphatic rings. The molecule has 1 amide bonds. The van der Waals surface area contributed by atoms with Gasteiger partial charge in [-0.3, -0.25) is 9.59 Å². The van der Waals surface area contributed by atoms with E-state index in [1.165, 1.54) is 12.1 Å². The molecular formula is C17H16F2N2O5S. The van der Waals surface area contributed by atoms with E-state index in [0.717, 1.165) is 30.3 Å². The van der Waals surface area contributed by atoms with Crippen LogP contribution in [0.15, 0.2) is 47.4 Å². The number of carbonyl (C=O) groups is 2. The minimum atomic E-state index is -4.03. The number of rotatable bonds is 7. The number of anilines is 1. The van der Waals surface area contributed by atoms with E-state index in [1.807, 2.05) is 4.72 Å². The quantitative estimate of drug-likeness (QED) is 0.692. The average molecular weight is 398 g/mol. The van der Waals surface area contributed by atoms with E-state index >= 15 is 0 Å². The number of sulfonamides is 1. The first-order chi connectivity index (χ1) is 12.7. The Bertz CT molecular complexity index is 946. The summed E-state index contributed by atoms with van der Waals surface area (Å²) in [6, 6.07) is 8.08. The number of aryl methyl sites for hydroxylation is 1. The smallest absolute Gasteiger partial charge is 0.321 e. The molecule has 7 nitrogen and oxygen atoms in total. The number of esters is 1. The third-order valence-electron chi connectivity index (χ3n) is 3.35. The van der Waals surface area contributed by atoms with Crippen molar-refractivity contribution in [3.05, 3.63) is 59.7 Å². The maximum atomic E-state index is 13.4. The fourth-order valence-electron chi connectivity index (χ4n) is 1.92. The van der Waals surface area contributed by atoms with Crippen molar-refractivity contribution in [2.45, 2.75) is 11.8 Å². The summed E-state index contributed by atoms with van der Waals surface area (Å²) in [5.41, 5.74) is 0.601. The lowest BCUT2D eigenvalue weighted by molar-refractivity contribution is -0.146. The zero-order valence-electron chi connectivity index (χ0n) is 14.2. The van der Waals surface area contributed by atoms with Crippen LogP contribution in [0.3, 0.4) is 0 Å². The molecule has 0 fully saturated rings. The fraction of sp³-hybridized carbons (Fsp3) is 0.176. The molecule has 10 heteroatoms. The summed E-state index contributed by atoms with van der Waals surface area (Å²) >= 11 is 0. The number of nitrogens with one attached hydrogen (secondary N) is 2. The van der Waals surface area contributed by atoms with Crippen LogP contribution in [0.1, 0.15) is 5.56 Å². The summed E-state index contributed by atoms with van der Waals surface area (Å²) in [5, 5.41) is 2.34. The molecule has 0 aromatic heterocycles. The van der Waals surface area contributed by atoms with Crippen molar-refractivity contribution >= 4 is 27.6 Å². The van der Waals surface area contributed by atoms with E-state index in [2.05, 4.69) is 10.1 Å². The zero-order valence-corrected chi connectivity index (χ0v) is 15.0. The van der Waals surface area contributed by atoms with Crippen LogP contribution in [0.5, 0.6) is 0 Å². The molecular weight excluding hydrogens is 382 g/mol. The molecule has 27 heavy (non-hydrogen) atoms. The standard InChI is InChI=1S/C17H16F2N2O5S/c1-11-2-5-13(8-15(11)19)21-16(22)10-26-17(23)9-20-27(24,25)14-6-3-12(18)4-7-14/h2-8,20H,9-10H2,1H3,(H,21,22). The second-order valence-corrected chi connectivity index (χ2v) is 7.22. The zero-order chi connectivity index (χ0) is 20.0. The summed E-state index contributed by atoms with van der Waals surface area (Å²) in [7, 11) is -4.03. The minimum Gasteiger partial charge on any atom is -0.455 e. The Morgan fingerprint density at radius 3 is 2.37 bits per heavy atom. The van der Waals surface area contributed by atoms with Crippen LogP contribution >= 0.6 is 0 Å². The van der Waals surface area contributed by atoms with E-state index in [4.69, 9.17) is 0 Å². The van der Waals surface area contributed by atoms with Crippen molar-refractivity contribution in [1.29, 1.82) is 0 Å². The number of hydrogen-bond acceptors (Lipinski definition) is 5. The van der Waals surface area contributed by atoms with Crippen LogP contribution in [-0.4, -0.2) is 33.4 Å². The summed E-state index contributed by atoms with van der Waals surface area (Å²) in [4.78, 5) is 23.0. The summed E-state index contributed by atoms with van der Waals surface area (Å²) < 4.78 is 56.7. The van der Waals surface area contributed by atoms with Gasteiger partial charge in [0.25, 0.3) is 5.91 Å². The lowest BCUT2D eigenvalue weighted by atomic mass is 10.2. The molecule has 0 aliphatic heterocycles. The van der Waals surface area contributed by atoms with Crippen LogP contribution in [0.25, 0.3) is 0 Å². The number of benzene rings is 2. The van der Waals surface area contributed by atoms with Crippen molar-refractivity contribution in [1.82, 2.24) is 4.72 Å². The molecule has 0 unspecified atom stereocenters. The molecule has 0 saturated heterocycles. The minimum absolute atomic E-state index is 0.191. The van der Waals surface area contributed by atoms with Crippen LogP contribution in [0.4, 0.5) is 14.5 Å². The monoisotopic (exact) mass is 398 g/mol. The maximum Gasteiger partial charge on any atom is 0.321 e. The van der Waals surface area contributed by atoms with Crippen molar-refractivity contribution in [2.75, 3.05) is 18.5 Å². The van der Waals surface area contributed by atoms with Gasteiger partial charge in [-0.05, 0) is 48.9 Å². The van der Waals surface area contributed by atoms with E-state index in [9.17, 15) is 26.8 Å². The van der Waals surface area contributed by atoms with Crippen LogP contribution in [0.2, 0.25) is 0 Å². The lowest BCUT2D eigenvalue weighted by Crippen LogP contribution is -2.32. The summed E-state index contributed by atoms with van der Waals surface area (Å²) in [6.45, 7) is 0.175. The number of ether oxygens (including phenoxy) is 1. The SMILES string of the molecule is Cc1ccc(NC(=O)COC(=O)CNS(=O)(=O)c2ccc(F)cc2)cc1F. The molecule has 0 atom stereocenters. The molecule has 0 aliphatic carbocycles. The van der Waals surface area contributed by atoms with Gasteiger partial charge in [0.2, 0.25) is 10.0 Å². The predicted molar refractivity (Wildman–Crippen MR) is 92.3 cm³/mol. The van der Waals surface area contributed by atoms with Gasteiger partial charge in [-0.1, -0.05) is 6.07 Å². The molecule has 2 N–H and O–H groups in total. The van der Waals surface area contributed by atoms with Gasteiger partial charge in [0.1, 0.15) is 18.2 Å². The molecule has 0 spiro atoms. The number of hydrogen-bond donors (Lipinski definition) is 2. The van der Waals surface area contributed by atoms with E-state index in [-0.39, 0.29) is 10.6 Å². The number of amides is 1. The highest BCUT2D eigenvalue weighted by molar-refractivity contribution is 7.89. The third kappa shape index (κ3) is 6.12. The van der Waals surface area contributed by atoms with Gasteiger partial charge in [-0.2, -0.15) is 4.72 Å². The predicted octanol–water partition coefficient (Wildman–Crippen LogP) is 1.73. The molecule has 0 bridgehead atoms. The van der Waals surface area contributed by atoms with Crippen molar-refractivity contribution in [3.63, 3.8) is 0 Å². The van der Waals surface area contributed by atoms with Crippen LogP contribution in [0, 0.1) is 18.6 Å². The van der Waals surface area contributed by atoms with Gasteiger partial charge >= 0.3 is 5.97 Å². The molecule has 0 radical (unpaired) electrons. The second kappa shape index (κ2) is 8.69. The second-order valence-electron chi connectivity index (χ2n) is 5.45. The average Bonchev–Trinajstić information content (AvgIpc) is 2.62. The highest BCUT2D eigenvalue weighted by Crippen LogP contribution is 2.13. The molecule has 0 heterocycles. The Balaban J connectivity index is 1.80. The third-order valence-corrected chi connectivity index (χ3v) is 4.77. The first-order valence-corrected chi connectivity index (χ1v) is 9.12. The molecule has 2 aromatic rings. The first kappa shape index (κ1) is 20.5. The Kier molecular flexibility index (Phi) is 6.59. The number of carbonyl (C=O) groups excluding carboxylic acids is 2. The first-order valence-electron chi connectivity index (χ1n) is 7.64. The fourth-order valence-corrected chi connectivity index (χ4v) is 2.88. The Morgan fingerprint density at radius 1 is 1.07 bits per heavy atom. The molecule has 0 saturated carbocycles. The van der Waals surface area contributed by atoms with Gasteiger partial charge in [-0.15, -0.1) is 0 Å². The summed E-state index contributed by atoms with van der Waals surface area (Å²) in [5.74, 6) is -2.81. The Labute approximate surface area is 154 Å². The highest BCUT2D eigenvalue weighted by atomic mass is 32.2. The van der Waals surface area contributed by atoms with Crippen molar-refractivity contribution in [2.24, 2.45) is 0 Å². The topological polar surface area (TPSA) is 102 Å².